The van der Waals surface area contributed by atoms with Crippen molar-refractivity contribution in [1.29, 1.82) is 0 Å². The predicted octanol–water partition coefficient (Wildman–Crippen LogP) is 1.10. The van der Waals surface area contributed by atoms with E-state index in [1.165, 1.54) is 0 Å². The molecule has 1 aliphatic rings. The van der Waals surface area contributed by atoms with Crippen LogP contribution in [0.1, 0.15) is 13.8 Å². The van der Waals surface area contributed by atoms with Gasteiger partial charge < -0.3 is 9.80 Å². The monoisotopic (exact) mass is 224 g/mol. The number of hydrogen-bond donors (Lipinski definition) is 0. The predicted molar refractivity (Wildman–Crippen MR) is 49.3 cm³/mol. The number of hydrogen-bond acceptors (Lipinski definition) is 2. The van der Waals surface area contributed by atoms with Crippen molar-refractivity contribution in [3.63, 3.8) is 0 Å². The highest BCUT2D eigenvalue weighted by Gasteiger charge is 2.46. The lowest BCUT2D eigenvalue weighted by molar-refractivity contribution is -0.192. The molecule has 0 spiro atoms. The van der Waals surface area contributed by atoms with Gasteiger partial charge in [-0.05, 0) is 20.9 Å². The highest BCUT2D eigenvalue weighted by molar-refractivity contribution is 5.82. The molecule has 15 heavy (non-hydrogen) atoms. The van der Waals surface area contributed by atoms with Crippen LogP contribution in [0, 0.1) is 0 Å². The van der Waals surface area contributed by atoms with Crippen LogP contribution in [0.3, 0.4) is 0 Å². The molecule has 6 heteroatoms. The zero-order valence-corrected chi connectivity index (χ0v) is 9.01. The van der Waals surface area contributed by atoms with Gasteiger partial charge >= 0.3 is 12.1 Å². The number of amides is 1. The van der Waals surface area contributed by atoms with Gasteiger partial charge in [-0.1, -0.05) is 0 Å². The summed E-state index contributed by atoms with van der Waals surface area (Å²) < 4.78 is 36.8. The smallest absolute Gasteiger partial charge is 0.327 e. The number of carbonyl (C=O) groups is 1. The zero-order chi connectivity index (χ0) is 11.8. The zero-order valence-electron chi connectivity index (χ0n) is 9.01. The van der Waals surface area contributed by atoms with Crippen LogP contribution in [0.2, 0.25) is 0 Å². The topological polar surface area (TPSA) is 23.6 Å². The first-order chi connectivity index (χ1) is 6.73. The van der Waals surface area contributed by atoms with Crippen LogP contribution in [-0.2, 0) is 4.79 Å². The molecular weight excluding hydrogens is 209 g/mol. The Bertz CT molecular complexity index is 242. The summed E-state index contributed by atoms with van der Waals surface area (Å²) >= 11 is 0. The minimum Gasteiger partial charge on any atom is -0.327 e. The van der Waals surface area contributed by atoms with E-state index in [9.17, 15) is 18.0 Å². The Morgan fingerprint density at radius 3 is 1.93 bits per heavy atom. The van der Waals surface area contributed by atoms with Crippen LogP contribution in [-0.4, -0.2) is 54.1 Å². The summed E-state index contributed by atoms with van der Waals surface area (Å²) in [5.41, 5.74) is 0. The third-order valence-electron chi connectivity index (χ3n) is 2.58. The van der Waals surface area contributed by atoms with Crippen LogP contribution < -0.4 is 0 Å². The SMILES string of the molecule is CC1CN(C)CC(C)N1C(=O)C(F)(F)F. The van der Waals surface area contributed by atoms with Crippen molar-refractivity contribution in [2.75, 3.05) is 20.1 Å². The van der Waals surface area contributed by atoms with Crippen molar-refractivity contribution in [3.8, 4) is 0 Å². The van der Waals surface area contributed by atoms with Crippen molar-refractivity contribution in [3.05, 3.63) is 0 Å². The number of halogens is 3. The summed E-state index contributed by atoms with van der Waals surface area (Å²) in [4.78, 5) is 14.0. The molecule has 1 rings (SSSR count). The molecule has 2 unspecified atom stereocenters. The fourth-order valence-electron chi connectivity index (χ4n) is 2.13. The van der Waals surface area contributed by atoms with E-state index < -0.39 is 24.2 Å². The maximum absolute atomic E-state index is 12.3. The fraction of sp³-hybridized carbons (Fsp3) is 0.889. The Balaban J connectivity index is 2.80. The average molecular weight is 224 g/mol. The van der Waals surface area contributed by atoms with Crippen molar-refractivity contribution < 1.29 is 18.0 Å². The molecule has 0 aromatic carbocycles. The first kappa shape index (κ1) is 12.3. The summed E-state index contributed by atoms with van der Waals surface area (Å²) in [7, 11) is 1.84. The lowest BCUT2D eigenvalue weighted by Gasteiger charge is -2.43. The fourth-order valence-corrected chi connectivity index (χ4v) is 2.13. The van der Waals surface area contributed by atoms with Gasteiger partial charge in [0.05, 0.1) is 0 Å². The van der Waals surface area contributed by atoms with Crippen molar-refractivity contribution in [2.45, 2.75) is 32.1 Å². The van der Waals surface area contributed by atoms with Gasteiger partial charge in [-0.15, -0.1) is 0 Å². The Labute approximate surface area is 86.8 Å². The van der Waals surface area contributed by atoms with E-state index in [0.717, 1.165) is 4.90 Å². The van der Waals surface area contributed by atoms with E-state index >= 15 is 0 Å². The molecule has 88 valence electrons. The standard InChI is InChI=1S/C9H15F3N2O/c1-6-4-13(3)5-7(2)14(6)8(15)9(10,11)12/h6-7H,4-5H2,1-3H3. The molecule has 0 radical (unpaired) electrons. The molecule has 0 aromatic heterocycles. The second kappa shape index (κ2) is 4.00. The highest BCUT2D eigenvalue weighted by Crippen LogP contribution is 2.24. The number of piperazine rings is 1. The number of rotatable bonds is 0. The molecular formula is C9H15F3N2O. The summed E-state index contributed by atoms with van der Waals surface area (Å²) in [6, 6.07) is -0.791. The van der Waals surface area contributed by atoms with E-state index in [0.29, 0.717) is 13.1 Å². The Morgan fingerprint density at radius 2 is 1.60 bits per heavy atom. The van der Waals surface area contributed by atoms with E-state index in [1.807, 2.05) is 11.9 Å². The lowest BCUT2D eigenvalue weighted by Crippen LogP contribution is -2.60. The van der Waals surface area contributed by atoms with Gasteiger partial charge in [0.25, 0.3) is 0 Å². The summed E-state index contributed by atoms with van der Waals surface area (Å²) in [5, 5.41) is 0. The average Bonchev–Trinajstić information content (AvgIpc) is 1.99. The van der Waals surface area contributed by atoms with E-state index in [4.69, 9.17) is 0 Å². The van der Waals surface area contributed by atoms with Gasteiger partial charge in [0.15, 0.2) is 0 Å². The van der Waals surface area contributed by atoms with Crippen LogP contribution in [0.4, 0.5) is 13.2 Å². The number of carbonyl (C=O) groups excluding carboxylic acids is 1. The molecule has 0 N–H and O–H groups in total. The molecule has 1 fully saturated rings. The Kier molecular flexibility index (Phi) is 3.28. The molecule has 1 saturated heterocycles. The second-order valence-corrected chi connectivity index (χ2v) is 4.13. The van der Waals surface area contributed by atoms with Gasteiger partial charge in [-0.2, -0.15) is 13.2 Å². The second-order valence-electron chi connectivity index (χ2n) is 4.13. The first-order valence-electron chi connectivity index (χ1n) is 4.81. The normalized spacial score (nSPS) is 29.3. The van der Waals surface area contributed by atoms with E-state index in [-0.39, 0.29) is 0 Å². The number of alkyl halides is 3. The molecule has 2 atom stereocenters. The van der Waals surface area contributed by atoms with E-state index in [2.05, 4.69) is 0 Å². The quantitative estimate of drug-likeness (QED) is 0.615. The maximum Gasteiger partial charge on any atom is 0.471 e. The molecule has 0 saturated carbocycles. The molecule has 1 heterocycles. The lowest BCUT2D eigenvalue weighted by atomic mass is 10.1. The van der Waals surface area contributed by atoms with Gasteiger partial charge in [0.1, 0.15) is 0 Å². The third kappa shape index (κ3) is 2.62. The van der Waals surface area contributed by atoms with Gasteiger partial charge in [-0.3, -0.25) is 4.79 Å². The minimum absolute atomic E-state index is 0.395. The van der Waals surface area contributed by atoms with Crippen LogP contribution >= 0.6 is 0 Å². The molecule has 0 bridgehead atoms. The van der Waals surface area contributed by atoms with Crippen molar-refractivity contribution in [1.82, 2.24) is 9.80 Å². The summed E-state index contributed by atoms with van der Waals surface area (Å²) in [6.45, 7) is 4.23. The van der Waals surface area contributed by atoms with Crippen molar-refractivity contribution in [2.24, 2.45) is 0 Å². The van der Waals surface area contributed by atoms with Gasteiger partial charge in [0.2, 0.25) is 0 Å². The molecule has 0 aromatic rings. The molecule has 1 amide bonds. The molecule has 3 nitrogen and oxygen atoms in total. The number of likely N-dealkylation sites (N-methyl/N-ethyl adjacent to an activating group) is 1. The van der Waals surface area contributed by atoms with Crippen LogP contribution in [0.25, 0.3) is 0 Å². The molecule has 0 aliphatic carbocycles. The first-order valence-corrected chi connectivity index (χ1v) is 4.81. The maximum atomic E-state index is 12.3. The summed E-state index contributed by atoms with van der Waals surface area (Å²) in [5.74, 6) is -1.73. The largest absolute Gasteiger partial charge is 0.471 e. The van der Waals surface area contributed by atoms with Crippen molar-refractivity contribution >= 4 is 5.91 Å². The third-order valence-corrected chi connectivity index (χ3v) is 2.58. The Hall–Kier alpha value is -0.780. The van der Waals surface area contributed by atoms with Gasteiger partial charge in [0, 0.05) is 25.2 Å². The highest BCUT2D eigenvalue weighted by atomic mass is 19.4. The molecule has 1 aliphatic heterocycles. The van der Waals surface area contributed by atoms with E-state index in [1.54, 1.807) is 13.8 Å². The van der Waals surface area contributed by atoms with Crippen LogP contribution in [0.15, 0.2) is 0 Å². The van der Waals surface area contributed by atoms with Crippen LogP contribution in [0.5, 0.6) is 0 Å². The summed E-state index contributed by atoms with van der Waals surface area (Å²) in [6.07, 6.45) is -4.77. The number of nitrogens with zero attached hydrogens (tertiary/aromatic N) is 2. The Morgan fingerprint density at radius 1 is 1.20 bits per heavy atom. The van der Waals surface area contributed by atoms with Gasteiger partial charge in [-0.25, -0.2) is 0 Å². The minimum atomic E-state index is -4.77.